The molecule has 0 aromatic rings. The number of nitrogens with one attached hydrogen (secondary N) is 2. The Morgan fingerprint density at radius 3 is 2.27 bits per heavy atom. The van der Waals surface area contributed by atoms with Crippen LogP contribution in [0.2, 0.25) is 0 Å². The van der Waals surface area contributed by atoms with E-state index in [1.807, 2.05) is 13.8 Å². The SMILES string of the molecule is CC(C)NC(=O)N[C@H](C)CO. The summed E-state index contributed by atoms with van der Waals surface area (Å²) in [5, 5.41) is 13.8. The maximum atomic E-state index is 10.9. The molecule has 3 N–H and O–H groups in total. The molecule has 0 aliphatic heterocycles. The molecule has 0 heterocycles. The van der Waals surface area contributed by atoms with Crippen LogP contribution in [0.4, 0.5) is 4.79 Å². The largest absolute Gasteiger partial charge is 0.394 e. The van der Waals surface area contributed by atoms with Crippen LogP contribution >= 0.6 is 0 Å². The molecule has 0 fully saturated rings. The van der Waals surface area contributed by atoms with Gasteiger partial charge in [0.1, 0.15) is 0 Å². The van der Waals surface area contributed by atoms with Crippen molar-refractivity contribution >= 4 is 6.03 Å². The number of carbonyl (C=O) groups is 1. The first-order valence-electron chi connectivity index (χ1n) is 3.74. The molecule has 1 atom stereocenters. The molecule has 0 radical (unpaired) electrons. The van der Waals surface area contributed by atoms with Crippen molar-refractivity contribution in [2.24, 2.45) is 0 Å². The van der Waals surface area contributed by atoms with E-state index in [0.717, 1.165) is 0 Å². The van der Waals surface area contributed by atoms with E-state index in [0.29, 0.717) is 0 Å². The molecule has 66 valence electrons. The monoisotopic (exact) mass is 160 g/mol. The molecule has 0 aromatic carbocycles. The summed E-state index contributed by atoms with van der Waals surface area (Å²) in [7, 11) is 0. The molecule has 4 nitrogen and oxygen atoms in total. The second-order valence-corrected chi connectivity index (χ2v) is 2.86. The third-order valence-electron chi connectivity index (χ3n) is 1.07. The van der Waals surface area contributed by atoms with E-state index in [2.05, 4.69) is 10.6 Å². The fourth-order valence-electron chi connectivity index (χ4n) is 0.573. The lowest BCUT2D eigenvalue weighted by Gasteiger charge is -2.13. The maximum absolute atomic E-state index is 10.9. The van der Waals surface area contributed by atoms with Gasteiger partial charge >= 0.3 is 6.03 Å². The molecule has 0 saturated heterocycles. The van der Waals surface area contributed by atoms with Gasteiger partial charge in [0.2, 0.25) is 0 Å². The van der Waals surface area contributed by atoms with E-state index in [1.165, 1.54) is 0 Å². The Labute approximate surface area is 67.0 Å². The Morgan fingerprint density at radius 2 is 1.91 bits per heavy atom. The van der Waals surface area contributed by atoms with E-state index >= 15 is 0 Å². The Balaban J connectivity index is 3.52. The molecule has 0 rings (SSSR count). The first kappa shape index (κ1) is 10.2. The van der Waals surface area contributed by atoms with Crippen LogP contribution < -0.4 is 10.6 Å². The van der Waals surface area contributed by atoms with Gasteiger partial charge in [0.25, 0.3) is 0 Å². The molecule has 0 aliphatic carbocycles. The minimum absolute atomic E-state index is 0.0362. The smallest absolute Gasteiger partial charge is 0.315 e. The molecule has 0 aromatic heterocycles. The maximum Gasteiger partial charge on any atom is 0.315 e. The van der Waals surface area contributed by atoms with Crippen LogP contribution in [0, 0.1) is 0 Å². The third-order valence-corrected chi connectivity index (χ3v) is 1.07. The lowest BCUT2D eigenvalue weighted by Crippen LogP contribution is -2.44. The highest BCUT2D eigenvalue weighted by molar-refractivity contribution is 5.74. The van der Waals surface area contributed by atoms with Crippen LogP contribution in [0.15, 0.2) is 0 Å². The standard InChI is InChI=1S/C7H16N2O2/c1-5(2)8-7(11)9-6(3)4-10/h5-6,10H,4H2,1-3H3,(H2,8,9,11)/t6-/m1/s1. The van der Waals surface area contributed by atoms with Crippen molar-refractivity contribution in [3.05, 3.63) is 0 Å². The fraction of sp³-hybridized carbons (Fsp3) is 0.857. The molecule has 4 heteroatoms. The lowest BCUT2D eigenvalue weighted by atomic mass is 10.3. The number of amides is 2. The van der Waals surface area contributed by atoms with Gasteiger partial charge in [0, 0.05) is 6.04 Å². The molecular weight excluding hydrogens is 144 g/mol. The van der Waals surface area contributed by atoms with Crippen molar-refractivity contribution in [1.29, 1.82) is 0 Å². The van der Waals surface area contributed by atoms with Crippen molar-refractivity contribution in [1.82, 2.24) is 10.6 Å². The summed E-state index contributed by atoms with van der Waals surface area (Å²) in [6.07, 6.45) is 0. The van der Waals surface area contributed by atoms with E-state index in [9.17, 15) is 4.79 Å². The van der Waals surface area contributed by atoms with Crippen LogP contribution in [-0.2, 0) is 0 Å². The summed E-state index contributed by atoms with van der Waals surface area (Å²) in [6, 6.07) is -0.295. The number of aliphatic hydroxyl groups excluding tert-OH is 1. The summed E-state index contributed by atoms with van der Waals surface area (Å²) in [4.78, 5) is 10.9. The van der Waals surface area contributed by atoms with Crippen molar-refractivity contribution in [3.8, 4) is 0 Å². The van der Waals surface area contributed by atoms with Gasteiger partial charge in [-0.3, -0.25) is 0 Å². The summed E-state index contributed by atoms with van der Waals surface area (Å²) in [6.45, 7) is 5.46. The average Bonchev–Trinajstić information content (AvgIpc) is 1.85. The molecule has 0 unspecified atom stereocenters. The molecule has 0 aliphatic rings. The Kier molecular flexibility index (Phi) is 4.61. The average molecular weight is 160 g/mol. The third kappa shape index (κ3) is 5.66. The van der Waals surface area contributed by atoms with E-state index in [4.69, 9.17) is 5.11 Å². The number of carbonyl (C=O) groups excluding carboxylic acids is 1. The predicted molar refractivity (Wildman–Crippen MR) is 43.4 cm³/mol. The second-order valence-electron chi connectivity index (χ2n) is 2.86. The van der Waals surface area contributed by atoms with Gasteiger partial charge in [-0.1, -0.05) is 0 Å². The van der Waals surface area contributed by atoms with Gasteiger partial charge in [-0.2, -0.15) is 0 Å². The highest BCUT2D eigenvalue weighted by Gasteiger charge is 2.05. The highest BCUT2D eigenvalue weighted by atomic mass is 16.3. The first-order valence-corrected chi connectivity index (χ1v) is 3.74. The van der Waals surface area contributed by atoms with Crippen molar-refractivity contribution in [3.63, 3.8) is 0 Å². The summed E-state index contributed by atoms with van der Waals surface area (Å²) < 4.78 is 0. The molecule has 2 amide bonds. The number of rotatable bonds is 3. The van der Waals surface area contributed by atoms with Gasteiger partial charge in [-0.15, -0.1) is 0 Å². The minimum atomic E-state index is -0.235. The van der Waals surface area contributed by atoms with Crippen LogP contribution in [0.3, 0.4) is 0 Å². The molecule has 11 heavy (non-hydrogen) atoms. The normalized spacial score (nSPS) is 12.8. The Bertz CT molecular complexity index is 126. The first-order chi connectivity index (χ1) is 5.06. The van der Waals surface area contributed by atoms with Crippen LogP contribution in [-0.4, -0.2) is 29.8 Å². The van der Waals surface area contributed by atoms with Gasteiger partial charge in [-0.05, 0) is 20.8 Å². The number of aliphatic hydroxyl groups is 1. The van der Waals surface area contributed by atoms with Gasteiger partial charge in [-0.25, -0.2) is 4.79 Å². The fourth-order valence-corrected chi connectivity index (χ4v) is 0.573. The molecule has 0 saturated carbocycles. The Morgan fingerprint density at radius 1 is 1.36 bits per heavy atom. The van der Waals surface area contributed by atoms with Gasteiger partial charge < -0.3 is 15.7 Å². The van der Waals surface area contributed by atoms with Gasteiger partial charge in [0.15, 0.2) is 0 Å². The van der Waals surface area contributed by atoms with E-state index < -0.39 is 0 Å². The Hall–Kier alpha value is -0.770. The minimum Gasteiger partial charge on any atom is -0.394 e. The van der Waals surface area contributed by atoms with Crippen molar-refractivity contribution in [2.75, 3.05) is 6.61 Å². The van der Waals surface area contributed by atoms with Crippen LogP contribution in [0.5, 0.6) is 0 Å². The summed E-state index contributed by atoms with van der Waals surface area (Å²) in [5.74, 6) is 0. The summed E-state index contributed by atoms with van der Waals surface area (Å²) >= 11 is 0. The zero-order chi connectivity index (χ0) is 8.85. The van der Waals surface area contributed by atoms with Crippen LogP contribution in [0.25, 0.3) is 0 Å². The quantitative estimate of drug-likeness (QED) is 0.547. The summed E-state index contributed by atoms with van der Waals surface area (Å²) in [5.41, 5.74) is 0. The molecule has 0 bridgehead atoms. The topological polar surface area (TPSA) is 61.4 Å². The predicted octanol–water partition coefficient (Wildman–Crippen LogP) is 0.0748. The zero-order valence-corrected chi connectivity index (χ0v) is 7.22. The van der Waals surface area contributed by atoms with E-state index in [-0.39, 0.29) is 24.7 Å². The number of hydrogen-bond donors (Lipinski definition) is 3. The molecule has 0 spiro atoms. The van der Waals surface area contributed by atoms with Crippen LogP contribution in [0.1, 0.15) is 20.8 Å². The van der Waals surface area contributed by atoms with Crippen molar-refractivity contribution in [2.45, 2.75) is 32.9 Å². The second kappa shape index (κ2) is 4.96. The highest BCUT2D eigenvalue weighted by Crippen LogP contribution is 1.80. The molecular formula is C7H16N2O2. The van der Waals surface area contributed by atoms with E-state index in [1.54, 1.807) is 6.92 Å². The van der Waals surface area contributed by atoms with Crippen molar-refractivity contribution < 1.29 is 9.90 Å². The lowest BCUT2D eigenvalue weighted by molar-refractivity contribution is 0.219. The number of hydrogen-bond acceptors (Lipinski definition) is 2. The zero-order valence-electron chi connectivity index (χ0n) is 7.22. The van der Waals surface area contributed by atoms with Gasteiger partial charge in [0.05, 0.1) is 12.6 Å². The number of urea groups is 1.